The number of nitrogens with zero attached hydrogens (tertiary/aromatic N) is 4. The summed E-state index contributed by atoms with van der Waals surface area (Å²) in [6, 6.07) is 5.81. The fraction of sp³-hybridized carbons (Fsp3) is 0.308. The van der Waals surface area contributed by atoms with E-state index in [2.05, 4.69) is 26.0 Å². The van der Waals surface area contributed by atoms with E-state index < -0.39 is 0 Å². The predicted molar refractivity (Wildman–Crippen MR) is 73.7 cm³/mol. The second-order valence-electron chi connectivity index (χ2n) is 4.51. The van der Waals surface area contributed by atoms with Crippen molar-refractivity contribution in [3.05, 3.63) is 47.0 Å². The van der Waals surface area contributed by atoms with Crippen LogP contribution in [0.4, 0.5) is 0 Å². The second-order valence-corrected chi connectivity index (χ2v) is 5.37. The number of rotatable bonds is 2. The van der Waals surface area contributed by atoms with Crippen molar-refractivity contribution < 1.29 is 4.79 Å². The molecule has 1 aliphatic rings. The Hall–Kier alpha value is -1.69. The van der Waals surface area contributed by atoms with Crippen molar-refractivity contribution in [3.63, 3.8) is 0 Å². The first kappa shape index (κ1) is 12.3. The molecular weight excluding hydrogens is 308 g/mol. The Kier molecular flexibility index (Phi) is 3.33. The molecule has 3 rings (SSSR count). The average molecular weight is 321 g/mol. The summed E-state index contributed by atoms with van der Waals surface area (Å²) >= 11 is 3.37. The quantitative estimate of drug-likeness (QED) is 0.851. The highest BCUT2D eigenvalue weighted by Crippen LogP contribution is 2.23. The Morgan fingerprint density at radius 2 is 2.26 bits per heavy atom. The fourth-order valence-corrected chi connectivity index (χ4v) is 2.76. The molecule has 0 spiro atoms. The van der Waals surface area contributed by atoms with Gasteiger partial charge in [0.25, 0.3) is 5.91 Å². The lowest BCUT2D eigenvalue weighted by Gasteiger charge is -2.16. The monoisotopic (exact) mass is 320 g/mol. The maximum atomic E-state index is 12.4. The zero-order valence-electron chi connectivity index (χ0n) is 10.2. The Morgan fingerprint density at radius 3 is 3.00 bits per heavy atom. The van der Waals surface area contributed by atoms with E-state index in [0.717, 1.165) is 17.4 Å². The van der Waals surface area contributed by atoms with Crippen LogP contribution in [0, 0.1) is 0 Å². The SMILES string of the molecule is O=C(c1ncccc1Br)N1CCC(n2cccn2)C1. The number of amides is 1. The molecule has 1 fully saturated rings. The molecule has 1 amide bonds. The highest BCUT2D eigenvalue weighted by molar-refractivity contribution is 9.10. The third-order valence-corrected chi connectivity index (χ3v) is 3.95. The number of aromatic nitrogens is 3. The molecule has 19 heavy (non-hydrogen) atoms. The summed E-state index contributed by atoms with van der Waals surface area (Å²) in [5, 5.41) is 4.24. The maximum absolute atomic E-state index is 12.4. The van der Waals surface area contributed by atoms with E-state index in [1.165, 1.54) is 0 Å². The number of carbonyl (C=O) groups is 1. The molecule has 0 N–H and O–H groups in total. The van der Waals surface area contributed by atoms with Gasteiger partial charge in [0.05, 0.1) is 6.04 Å². The molecule has 0 bridgehead atoms. The number of hydrogen-bond donors (Lipinski definition) is 0. The molecule has 0 aromatic carbocycles. The standard InChI is InChI=1S/C13H13BrN4O/c14-11-3-1-5-15-12(11)13(19)17-8-4-10(9-17)18-7-2-6-16-18/h1-3,5-7,10H,4,8-9H2. The van der Waals surface area contributed by atoms with E-state index in [1.54, 1.807) is 18.5 Å². The molecule has 0 aliphatic carbocycles. The molecule has 98 valence electrons. The number of halogens is 1. The summed E-state index contributed by atoms with van der Waals surface area (Å²) in [6.07, 6.45) is 6.27. The molecular formula is C13H13BrN4O. The Morgan fingerprint density at radius 1 is 1.37 bits per heavy atom. The van der Waals surface area contributed by atoms with Crippen LogP contribution >= 0.6 is 15.9 Å². The minimum Gasteiger partial charge on any atom is -0.335 e. The van der Waals surface area contributed by atoms with Crippen LogP contribution < -0.4 is 0 Å². The molecule has 0 radical (unpaired) electrons. The maximum Gasteiger partial charge on any atom is 0.273 e. The van der Waals surface area contributed by atoms with Gasteiger partial charge in [-0.15, -0.1) is 0 Å². The van der Waals surface area contributed by atoms with Crippen LogP contribution in [-0.4, -0.2) is 38.7 Å². The van der Waals surface area contributed by atoms with Gasteiger partial charge < -0.3 is 4.90 Å². The topological polar surface area (TPSA) is 51.0 Å². The molecule has 6 heteroatoms. The van der Waals surface area contributed by atoms with Gasteiger partial charge in [-0.3, -0.25) is 9.48 Å². The van der Waals surface area contributed by atoms with Crippen molar-refractivity contribution in [2.45, 2.75) is 12.5 Å². The largest absolute Gasteiger partial charge is 0.335 e. The van der Waals surface area contributed by atoms with Gasteiger partial charge in [0.15, 0.2) is 0 Å². The van der Waals surface area contributed by atoms with E-state index in [0.29, 0.717) is 12.2 Å². The van der Waals surface area contributed by atoms with Crippen molar-refractivity contribution in [3.8, 4) is 0 Å². The molecule has 1 atom stereocenters. The minimum absolute atomic E-state index is 0.0258. The van der Waals surface area contributed by atoms with Crippen molar-refractivity contribution in [2.75, 3.05) is 13.1 Å². The first-order valence-corrected chi connectivity index (χ1v) is 6.94. The van der Waals surface area contributed by atoms with Gasteiger partial charge in [0.1, 0.15) is 5.69 Å². The predicted octanol–water partition coefficient (Wildman–Crippen LogP) is 2.13. The summed E-state index contributed by atoms with van der Waals surface area (Å²) in [5.41, 5.74) is 0.476. The minimum atomic E-state index is -0.0258. The Balaban J connectivity index is 1.75. The molecule has 2 aromatic rings. The molecule has 1 saturated heterocycles. The summed E-state index contributed by atoms with van der Waals surface area (Å²) < 4.78 is 2.66. The van der Waals surface area contributed by atoms with E-state index in [9.17, 15) is 4.79 Å². The van der Waals surface area contributed by atoms with Gasteiger partial charge in [-0.25, -0.2) is 4.98 Å². The lowest BCUT2D eigenvalue weighted by atomic mass is 10.3. The number of likely N-dealkylation sites (tertiary alicyclic amines) is 1. The van der Waals surface area contributed by atoms with Crippen molar-refractivity contribution in [1.29, 1.82) is 0 Å². The van der Waals surface area contributed by atoms with Gasteiger partial charge >= 0.3 is 0 Å². The number of hydrogen-bond acceptors (Lipinski definition) is 3. The first-order chi connectivity index (χ1) is 9.25. The summed E-state index contributed by atoms with van der Waals surface area (Å²) in [5.74, 6) is -0.0258. The van der Waals surface area contributed by atoms with Crippen LogP contribution in [0.3, 0.4) is 0 Å². The van der Waals surface area contributed by atoms with Crippen LogP contribution in [0.15, 0.2) is 41.3 Å². The van der Waals surface area contributed by atoms with Crippen LogP contribution in [0.25, 0.3) is 0 Å². The van der Waals surface area contributed by atoms with Crippen LogP contribution in [-0.2, 0) is 0 Å². The third kappa shape index (κ3) is 2.40. The third-order valence-electron chi connectivity index (χ3n) is 3.31. The smallest absolute Gasteiger partial charge is 0.273 e. The van der Waals surface area contributed by atoms with Gasteiger partial charge in [-0.1, -0.05) is 0 Å². The summed E-state index contributed by atoms with van der Waals surface area (Å²) in [7, 11) is 0. The van der Waals surface area contributed by atoms with E-state index in [1.807, 2.05) is 27.9 Å². The van der Waals surface area contributed by atoms with Crippen LogP contribution in [0.5, 0.6) is 0 Å². The average Bonchev–Trinajstić information content (AvgIpc) is 3.09. The van der Waals surface area contributed by atoms with Gasteiger partial charge in [-0.2, -0.15) is 5.10 Å². The fourth-order valence-electron chi connectivity index (χ4n) is 2.33. The highest BCUT2D eigenvalue weighted by Gasteiger charge is 2.29. The highest BCUT2D eigenvalue weighted by atomic mass is 79.9. The van der Waals surface area contributed by atoms with E-state index in [4.69, 9.17) is 0 Å². The number of carbonyl (C=O) groups excluding carboxylic acids is 1. The molecule has 1 aliphatic heterocycles. The van der Waals surface area contributed by atoms with Gasteiger partial charge in [0, 0.05) is 36.2 Å². The van der Waals surface area contributed by atoms with Crippen LogP contribution in [0.2, 0.25) is 0 Å². The molecule has 0 saturated carbocycles. The van der Waals surface area contributed by atoms with Crippen LogP contribution in [0.1, 0.15) is 23.0 Å². The zero-order valence-corrected chi connectivity index (χ0v) is 11.8. The van der Waals surface area contributed by atoms with Crippen molar-refractivity contribution in [1.82, 2.24) is 19.7 Å². The van der Waals surface area contributed by atoms with Crippen molar-refractivity contribution in [2.24, 2.45) is 0 Å². The Labute approximate surface area is 119 Å². The summed E-state index contributed by atoms with van der Waals surface area (Å²) in [4.78, 5) is 18.4. The summed E-state index contributed by atoms with van der Waals surface area (Å²) in [6.45, 7) is 1.43. The van der Waals surface area contributed by atoms with Gasteiger partial charge in [0.2, 0.25) is 0 Å². The lowest BCUT2D eigenvalue weighted by molar-refractivity contribution is 0.0780. The van der Waals surface area contributed by atoms with Gasteiger partial charge in [-0.05, 0) is 40.5 Å². The lowest BCUT2D eigenvalue weighted by Crippen LogP contribution is -2.30. The normalized spacial score (nSPS) is 18.8. The molecule has 3 heterocycles. The zero-order chi connectivity index (χ0) is 13.2. The van der Waals surface area contributed by atoms with E-state index >= 15 is 0 Å². The van der Waals surface area contributed by atoms with Crippen molar-refractivity contribution >= 4 is 21.8 Å². The van der Waals surface area contributed by atoms with E-state index in [-0.39, 0.29) is 11.9 Å². The second kappa shape index (κ2) is 5.13. The number of pyridine rings is 1. The Bertz CT molecular complexity index is 584. The first-order valence-electron chi connectivity index (χ1n) is 6.14. The molecule has 5 nitrogen and oxygen atoms in total. The molecule has 2 aromatic heterocycles. The molecule has 1 unspecified atom stereocenters.